The summed E-state index contributed by atoms with van der Waals surface area (Å²) >= 11 is 0. The van der Waals surface area contributed by atoms with Crippen molar-refractivity contribution >= 4 is 11.9 Å². The van der Waals surface area contributed by atoms with Gasteiger partial charge in [0.2, 0.25) is 11.8 Å². The van der Waals surface area contributed by atoms with E-state index in [0.717, 1.165) is 24.3 Å². The van der Waals surface area contributed by atoms with Gasteiger partial charge in [-0.2, -0.15) is 0 Å². The molecule has 0 aliphatic heterocycles. The molecule has 0 aromatic carbocycles. The van der Waals surface area contributed by atoms with Gasteiger partial charge in [0.05, 0.1) is 24.1 Å². The molecule has 2 N–H and O–H groups in total. The molecular formula is C14H20N2O4. The number of carboxylic acids is 1. The maximum absolute atomic E-state index is 12.1. The van der Waals surface area contributed by atoms with Crippen molar-refractivity contribution in [1.29, 1.82) is 0 Å². The predicted molar refractivity (Wildman–Crippen MR) is 70.9 cm³/mol. The molecule has 1 aliphatic rings. The molecule has 1 fully saturated rings. The van der Waals surface area contributed by atoms with Crippen molar-refractivity contribution in [3.63, 3.8) is 0 Å². The zero-order chi connectivity index (χ0) is 14.7. The van der Waals surface area contributed by atoms with Crippen LogP contribution in [0, 0.1) is 25.7 Å². The normalized spacial score (nSPS) is 22.5. The van der Waals surface area contributed by atoms with Gasteiger partial charge in [0.1, 0.15) is 5.76 Å². The standard InChI is InChI=1S/C14H20N2O4/c1-8-9(2)20-12(16-8)7-15-13(17)10-5-3-4-6-11(10)14(18)19/h10-11H,3-7H2,1-2H3,(H,15,17)(H,18,19)/t10-,11+/m1/s1. The topological polar surface area (TPSA) is 92.4 Å². The van der Waals surface area contributed by atoms with E-state index in [-0.39, 0.29) is 12.5 Å². The van der Waals surface area contributed by atoms with E-state index >= 15 is 0 Å². The van der Waals surface area contributed by atoms with Crippen LogP contribution < -0.4 is 5.32 Å². The minimum absolute atomic E-state index is 0.205. The molecule has 1 amide bonds. The number of carbonyl (C=O) groups is 2. The Morgan fingerprint density at radius 1 is 1.30 bits per heavy atom. The van der Waals surface area contributed by atoms with E-state index in [1.807, 2.05) is 13.8 Å². The van der Waals surface area contributed by atoms with E-state index in [2.05, 4.69) is 10.3 Å². The van der Waals surface area contributed by atoms with Gasteiger partial charge in [0, 0.05) is 0 Å². The number of nitrogens with zero attached hydrogens (tertiary/aromatic N) is 1. The lowest BCUT2D eigenvalue weighted by atomic mass is 9.79. The first-order valence-corrected chi connectivity index (χ1v) is 6.92. The Labute approximate surface area is 117 Å². The average molecular weight is 280 g/mol. The third kappa shape index (κ3) is 3.18. The Kier molecular flexibility index (Phi) is 4.42. The first kappa shape index (κ1) is 14.6. The molecule has 0 radical (unpaired) electrons. The molecule has 1 saturated carbocycles. The fraction of sp³-hybridized carbons (Fsp3) is 0.643. The number of hydrogen-bond acceptors (Lipinski definition) is 4. The lowest BCUT2D eigenvalue weighted by Crippen LogP contribution is -2.39. The maximum Gasteiger partial charge on any atom is 0.307 e. The second-order valence-corrected chi connectivity index (χ2v) is 5.30. The molecular weight excluding hydrogens is 260 g/mol. The van der Waals surface area contributed by atoms with Crippen LogP contribution in [0.15, 0.2) is 4.42 Å². The SMILES string of the molecule is Cc1nc(CNC(=O)[C@@H]2CCCC[C@@H]2C(=O)O)oc1C. The number of nitrogens with one attached hydrogen (secondary N) is 1. The number of amides is 1. The van der Waals surface area contributed by atoms with Crippen LogP contribution in [0.4, 0.5) is 0 Å². The number of hydrogen-bond donors (Lipinski definition) is 2. The van der Waals surface area contributed by atoms with Gasteiger partial charge in [-0.05, 0) is 26.7 Å². The van der Waals surface area contributed by atoms with Gasteiger partial charge in [0.25, 0.3) is 0 Å². The molecule has 0 spiro atoms. The summed E-state index contributed by atoms with van der Waals surface area (Å²) in [5, 5.41) is 11.9. The fourth-order valence-electron chi connectivity index (χ4n) is 2.65. The molecule has 1 aliphatic carbocycles. The molecule has 1 heterocycles. The third-order valence-corrected chi connectivity index (χ3v) is 3.91. The van der Waals surface area contributed by atoms with E-state index in [1.54, 1.807) is 0 Å². The Bertz CT molecular complexity index is 490. The van der Waals surface area contributed by atoms with E-state index < -0.39 is 17.8 Å². The summed E-state index contributed by atoms with van der Waals surface area (Å²) < 4.78 is 5.38. The molecule has 0 bridgehead atoms. The summed E-state index contributed by atoms with van der Waals surface area (Å²) in [6.07, 6.45) is 2.98. The van der Waals surface area contributed by atoms with E-state index in [9.17, 15) is 14.7 Å². The Morgan fingerprint density at radius 3 is 2.50 bits per heavy atom. The zero-order valence-corrected chi connectivity index (χ0v) is 11.8. The van der Waals surface area contributed by atoms with Crippen molar-refractivity contribution in [2.45, 2.75) is 46.1 Å². The first-order valence-electron chi connectivity index (χ1n) is 6.92. The van der Waals surface area contributed by atoms with Gasteiger partial charge in [-0.1, -0.05) is 12.8 Å². The molecule has 6 nitrogen and oxygen atoms in total. The minimum atomic E-state index is -0.882. The van der Waals surface area contributed by atoms with Crippen LogP contribution in [-0.4, -0.2) is 22.0 Å². The van der Waals surface area contributed by atoms with Crippen molar-refractivity contribution in [1.82, 2.24) is 10.3 Å². The molecule has 2 rings (SSSR count). The fourth-order valence-corrected chi connectivity index (χ4v) is 2.65. The Balaban J connectivity index is 1.94. The highest BCUT2D eigenvalue weighted by Crippen LogP contribution is 2.30. The van der Waals surface area contributed by atoms with E-state index in [4.69, 9.17) is 4.42 Å². The molecule has 1 aromatic rings. The second-order valence-electron chi connectivity index (χ2n) is 5.30. The Hall–Kier alpha value is -1.85. The highest BCUT2D eigenvalue weighted by molar-refractivity contribution is 5.84. The maximum atomic E-state index is 12.1. The number of aromatic nitrogens is 1. The van der Waals surface area contributed by atoms with Crippen LogP contribution in [0.1, 0.15) is 43.0 Å². The number of carboxylic acid groups (broad SMARTS) is 1. The molecule has 20 heavy (non-hydrogen) atoms. The largest absolute Gasteiger partial charge is 0.481 e. The number of aryl methyl sites for hydroxylation is 2. The Morgan fingerprint density at radius 2 is 1.95 bits per heavy atom. The van der Waals surface area contributed by atoms with Gasteiger partial charge >= 0.3 is 5.97 Å². The summed E-state index contributed by atoms with van der Waals surface area (Å²) in [7, 11) is 0. The van der Waals surface area contributed by atoms with Crippen LogP contribution in [0.3, 0.4) is 0 Å². The molecule has 6 heteroatoms. The minimum Gasteiger partial charge on any atom is -0.481 e. The van der Waals surface area contributed by atoms with E-state index in [0.29, 0.717) is 18.7 Å². The third-order valence-electron chi connectivity index (χ3n) is 3.91. The highest BCUT2D eigenvalue weighted by atomic mass is 16.4. The molecule has 0 saturated heterocycles. The van der Waals surface area contributed by atoms with Gasteiger partial charge in [-0.3, -0.25) is 9.59 Å². The van der Waals surface area contributed by atoms with E-state index in [1.165, 1.54) is 0 Å². The molecule has 1 aromatic heterocycles. The van der Waals surface area contributed by atoms with Crippen molar-refractivity contribution in [3.8, 4) is 0 Å². The number of oxazole rings is 1. The van der Waals surface area contributed by atoms with Crippen LogP contribution in [0.2, 0.25) is 0 Å². The van der Waals surface area contributed by atoms with Crippen LogP contribution in [-0.2, 0) is 16.1 Å². The smallest absolute Gasteiger partial charge is 0.307 e. The summed E-state index contributed by atoms with van der Waals surface area (Å²) in [6, 6.07) is 0. The summed E-state index contributed by atoms with van der Waals surface area (Å²) in [6.45, 7) is 3.86. The van der Waals surface area contributed by atoms with Crippen molar-refractivity contribution < 1.29 is 19.1 Å². The van der Waals surface area contributed by atoms with Gasteiger partial charge in [-0.15, -0.1) is 0 Å². The first-order chi connectivity index (χ1) is 9.49. The lowest BCUT2D eigenvalue weighted by molar-refractivity contribution is -0.149. The van der Waals surface area contributed by atoms with Crippen molar-refractivity contribution in [3.05, 3.63) is 17.3 Å². The number of aliphatic carboxylic acids is 1. The van der Waals surface area contributed by atoms with Crippen LogP contribution >= 0.6 is 0 Å². The summed E-state index contributed by atoms with van der Waals surface area (Å²) in [5.41, 5.74) is 0.801. The van der Waals surface area contributed by atoms with Crippen molar-refractivity contribution in [2.24, 2.45) is 11.8 Å². The van der Waals surface area contributed by atoms with Gasteiger partial charge < -0.3 is 14.8 Å². The highest BCUT2D eigenvalue weighted by Gasteiger charge is 2.35. The van der Waals surface area contributed by atoms with Crippen molar-refractivity contribution in [2.75, 3.05) is 0 Å². The molecule has 0 unspecified atom stereocenters. The number of rotatable bonds is 4. The predicted octanol–water partition coefficient (Wildman–Crippen LogP) is 1.80. The van der Waals surface area contributed by atoms with Crippen LogP contribution in [0.25, 0.3) is 0 Å². The zero-order valence-electron chi connectivity index (χ0n) is 11.8. The van der Waals surface area contributed by atoms with Gasteiger partial charge in [0.15, 0.2) is 0 Å². The lowest BCUT2D eigenvalue weighted by Gasteiger charge is -2.27. The summed E-state index contributed by atoms with van der Waals surface area (Å²) in [5.74, 6) is -0.931. The van der Waals surface area contributed by atoms with Gasteiger partial charge in [-0.25, -0.2) is 4.98 Å². The molecule has 110 valence electrons. The monoisotopic (exact) mass is 280 g/mol. The second kappa shape index (κ2) is 6.07. The summed E-state index contributed by atoms with van der Waals surface area (Å²) in [4.78, 5) is 27.5. The number of carbonyl (C=O) groups excluding carboxylic acids is 1. The average Bonchev–Trinajstić information content (AvgIpc) is 2.75. The quantitative estimate of drug-likeness (QED) is 0.877. The molecule has 2 atom stereocenters. The van der Waals surface area contributed by atoms with Crippen LogP contribution in [0.5, 0.6) is 0 Å².